The molecule has 0 saturated carbocycles. The molecule has 1 heterocycles. The monoisotopic (exact) mass is 329 g/mol. The second-order valence-corrected chi connectivity index (χ2v) is 4.57. The maximum absolute atomic E-state index is 12.0. The molecule has 1 aromatic heterocycles. The van der Waals surface area contributed by atoms with Gasteiger partial charge in [-0.25, -0.2) is 0 Å². The van der Waals surface area contributed by atoms with E-state index in [1.165, 1.54) is 38.7 Å². The van der Waals surface area contributed by atoms with Crippen LogP contribution >= 0.6 is 0 Å². The van der Waals surface area contributed by atoms with Gasteiger partial charge < -0.3 is 24.5 Å². The number of carbonyl (C=O) groups excluding carboxylic acids is 2. The second kappa shape index (κ2) is 7.69. The van der Waals surface area contributed by atoms with Gasteiger partial charge in [0.05, 0.1) is 38.3 Å². The number of benzene rings is 1. The summed E-state index contributed by atoms with van der Waals surface area (Å²) < 4.78 is 15.2. The molecule has 0 aliphatic carbocycles. The Morgan fingerprint density at radius 2 is 1.96 bits per heavy atom. The lowest BCUT2D eigenvalue weighted by Gasteiger charge is -2.12. The zero-order chi connectivity index (χ0) is 17.5. The van der Waals surface area contributed by atoms with Crippen molar-refractivity contribution in [3.63, 3.8) is 0 Å². The van der Waals surface area contributed by atoms with Crippen LogP contribution in [0, 0.1) is 11.3 Å². The molecule has 0 aliphatic heterocycles. The Bertz CT molecular complexity index is 778. The van der Waals surface area contributed by atoms with Gasteiger partial charge in [0.25, 0.3) is 5.91 Å². The Labute approximate surface area is 138 Å². The smallest absolute Gasteiger partial charge is 0.287 e. The third-order valence-corrected chi connectivity index (χ3v) is 3.07. The summed E-state index contributed by atoms with van der Waals surface area (Å²) in [5, 5.41) is 14.1. The van der Waals surface area contributed by atoms with Gasteiger partial charge in [0.15, 0.2) is 17.3 Å². The molecule has 2 N–H and O–H groups in total. The minimum absolute atomic E-state index is 0.103. The molecule has 124 valence electrons. The molecule has 8 nitrogen and oxygen atoms in total. The summed E-state index contributed by atoms with van der Waals surface area (Å²) in [6.45, 7) is -0.279. The minimum atomic E-state index is -0.511. The van der Waals surface area contributed by atoms with Crippen molar-refractivity contribution in [2.75, 3.05) is 26.1 Å². The number of amides is 2. The van der Waals surface area contributed by atoms with E-state index >= 15 is 0 Å². The molecule has 24 heavy (non-hydrogen) atoms. The van der Waals surface area contributed by atoms with E-state index in [2.05, 4.69) is 10.6 Å². The molecule has 2 rings (SSSR count). The highest BCUT2D eigenvalue weighted by molar-refractivity contribution is 5.98. The van der Waals surface area contributed by atoms with Crippen molar-refractivity contribution in [3.05, 3.63) is 41.9 Å². The van der Waals surface area contributed by atoms with Gasteiger partial charge in [-0.2, -0.15) is 5.26 Å². The molecule has 2 aromatic rings. The maximum Gasteiger partial charge on any atom is 0.287 e. The fourth-order valence-electron chi connectivity index (χ4n) is 1.92. The van der Waals surface area contributed by atoms with Crippen molar-refractivity contribution >= 4 is 17.5 Å². The molecule has 0 fully saturated rings. The van der Waals surface area contributed by atoms with Crippen LogP contribution in [0.2, 0.25) is 0 Å². The van der Waals surface area contributed by atoms with Gasteiger partial charge in [0, 0.05) is 12.1 Å². The number of nitriles is 1. The summed E-state index contributed by atoms with van der Waals surface area (Å²) in [5.41, 5.74) is 0.464. The number of furan rings is 1. The third-order valence-electron chi connectivity index (χ3n) is 3.07. The third kappa shape index (κ3) is 3.84. The Balaban J connectivity index is 2.05. The summed E-state index contributed by atoms with van der Waals surface area (Å²) in [7, 11) is 2.89. The Hall–Kier alpha value is -3.47. The topological polar surface area (TPSA) is 114 Å². The van der Waals surface area contributed by atoms with E-state index in [0.29, 0.717) is 11.5 Å². The first-order valence-corrected chi connectivity index (χ1v) is 6.86. The van der Waals surface area contributed by atoms with Crippen LogP contribution in [-0.4, -0.2) is 32.6 Å². The van der Waals surface area contributed by atoms with Crippen molar-refractivity contribution < 1.29 is 23.5 Å². The molecule has 0 unspecified atom stereocenters. The number of ether oxygens (including phenoxy) is 2. The number of rotatable bonds is 6. The lowest BCUT2D eigenvalue weighted by molar-refractivity contribution is -0.115. The van der Waals surface area contributed by atoms with E-state index in [4.69, 9.17) is 13.9 Å². The van der Waals surface area contributed by atoms with E-state index in [1.807, 2.05) is 6.07 Å². The SMILES string of the molecule is COc1cc(C#N)c(NC(=O)CNC(=O)c2ccco2)cc1OC. The van der Waals surface area contributed by atoms with Gasteiger partial charge in [-0.05, 0) is 12.1 Å². The molecular formula is C16H15N3O5. The summed E-state index contributed by atoms with van der Waals surface area (Å²) >= 11 is 0. The zero-order valence-electron chi connectivity index (χ0n) is 13.1. The van der Waals surface area contributed by atoms with Crippen molar-refractivity contribution in [1.29, 1.82) is 5.26 Å². The van der Waals surface area contributed by atoms with Crippen LogP contribution in [0.25, 0.3) is 0 Å². The predicted molar refractivity (Wildman–Crippen MR) is 83.9 cm³/mol. The first-order chi connectivity index (χ1) is 11.6. The molecule has 0 atom stereocenters. The second-order valence-electron chi connectivity index (χ2n) is 4.57. The van der Waals surface area contributed by atoms with Crippen molar-refractivity contribution in [2.45, 2.75) is 0 Å². The molecule has 1 aromatic carbocycles. The average Bonchev–Trinajstić information content (AvgIpc) is 3.13. The summed E-state index contributed by atoms with van der Waals surface area (Å²) in [6, 6.07) is 7.94. The first kappa shape index (κ1) is 16.9. The van der Waals surface area contributed by atoms with Gasteiger partial charge >= 0.3 is 0 Å². The Morgan fingerprint density at radius 3 is 2.54 bits per heavy atom. The zero-order valence-corrected chi connectivity index (χ0v) is 13.1. The molecule has 0 aliphatic rings. The highest BCUT2D eigenvalue weighted by atomic mass is 16.5. The number of hydrogen-bond acceptors (Lipinski definition) is 6. The fourth-order valence-corrected chi connectivity index (χ4v) is 1.92. The highest BCUT2D eigenvalue weighted by Crippen LogP contribution is 2.32. The van der Waals surface area contributed by atoms with E-state index in [-0.39, 0.29) is 23.6 Å². The van der Waals surface area contributed by atoms with Gasteiger partial charge in [-0.15, -0.1) is 0 Å². The average molecular weight is 329 g/mol. The van der Waals surface area contributed by atoms with Crippen LogP contribution in [0.15, 0.2) is 34.9 Å². The van der Waals surface area contributed by atoms with Gasteiger partial charge in [0.2, 0.25) is 5.91 Å². The quantitative estimate of drug-likeness (QED) is 0.831. The van der Waals surface area contributed by atoms with Crippen LogP contribution in [-0.2, 0) is 4.79 Å². The van der Waals surface area contributed by atoms with Crippen LogP contribution in [0.4, 0.5) is 5.69 Å². The Kier molecular flexibility index (Phi) is 5.41. The van der Waals surface area contributed by atoms with Crippen LogP contribution in [0.5, 0.6) is 11.5 Å². The summed E-state index contributed by atoms with van der Waals surface area (Å²) in [6.07, 6.45) is 1.36. The van der Waals surface area contributed by atoms with E-state index in [1.54, 1.807) is 6.07 Å². The molecule has 0 bridgehead atoms. The van der Waals surface area contributed by atoms with Crippen LogP contribution < -0.4 is 20.1 Å². The van der Waals surface area contributed by atoms with Crippen molar-refractivity contribution in [3.8, 4) is 17.6 Å². The van der Waals surface area contributed by atoms with Crippen LogP contribution in [0.3, 0.4) is 0 Å². The fraction of sp³-hybridized carbons (Fsp3) is 0.188. The number of anilines is 1. The molecule has 2 amide bonds. The Morgan fingerprint density at radius 1 is 1.25 bits per heavy atom. The number of hydrogen-bond donors (Lipinski definition) is 2. The standard InChI is InChI=1S/C16H15N3O5/c1-22-13-6-10(8-17)11(7-14(13)23-2)19-15(20)9-18-16(21)12-4-3-5-24-12/h3-7H,9H2,1-2H3,(H,18,21)(H,19,20). The molecule has 8 heteroatoms. The number of nitrogens with one attached hydrogen (secondary N) is 2. The first-order valence-electron chi connectivity index (χ1n) is 6.86. The number of carbonyl (C=O) groups is 2. The molecular weight excluding hydrogens is 314 g/mol. The van der Waals surface area contributed by atoms with Crippen molar-refractivity contribution in [1.82, 2.24) is 5.32 Å². The summed E-state index contributed by atoms with van der Waals surface area (Å²) in [5.74, 6) is -0.169. The molecule has 0 saturated heterocycles. The molecule has 0 spiro atoms. The van der Waals surface area contributed by atoms with E-state index in [0.717, 1.165) is 0 Å². The summed E-state index contributed by atoms with van der Waals surface area (Å²) in [4.78, 5) is 23.7. The highest BCUT2D eigenvalue weighted by Gasteiger charge is 2.15. The minimum Gasteiger partial charge on any atom is -0.493 e. The molecule has 0 radical (unpaired) electrons. The largest absolute Gasteiger partial charge is 0.493 e. The van der Waals surface area contributed by atoms with Gasteiger partial charge in [-0.1, -0.05) is 0 Å². The van der Waals surface area contributed by atoms with E-state index < -0.39 is 11.8 Å². The van der Waals surface area contributed by atoms with Crippen LogP contribution in [0.1, 0.15) is 16.1 Å². The lowest BCUT2D eigenvalue weighted by atomic mass is 10.1. The lowest BCUT2D eigenvalue weighted by Crippen LogP contribution is -2.32. The van der Waals surface area contributed by atoms with Crippen molar-refractivity contribution in [2.24, 2.45) is 0 Å². The number of nitrogens with zero attached hydrogens (tertiary/aromatic N) is 1. The van der Waals surface area contributed by atoms with Gasteiger partial charge in [0.1, 0.15) is 6.07 Å². The predicted octanol–water partition coefficient (Wildman–Crippen LogP) is 1.54. The normalized spacial score (nSPS) is 9.71. The van der Waals surface area contributed by atoms with E-state index in [9.17, 15) is 14.9 Å². The maximum atomic E-state index is 12.0. The van der Waals surface area contributed by atoms with Gasteiger partial charge in [-0.3, -0.25) is 9.59 Å². The number of methoxy groups -OCH3 is 2.